The highest BCUT2D eigenvalue weighted by Crippen LogP contribution is 2.28. The van der Waals surface area contributed by atoms with Gasteiger partial charge in [-0.2, -0.15) is 0 Å². The third kappa shape index (κ3) is 4.57. The van der Waals surface area contributed by atoms with E-state index in [1.165, 1.54) is 36.1 Å². The van der Waals surface area contributed by atoms with Crippen LogP contribution in [-0.4, -0.2) is 42.4 Å². The van der Waals surface area contributed by atoms with E-state index in [2.05, 4.69) is 16.3 Å². The molecule has 1 aromatic rings. The van der Waals surface area contributed by atoms with Crippen LogP contribution < -0.4 is 11.1 Å². The van der Waals surface area contributed by atoms with Crippen molar-refractivity contribution in [3.05, 3.63) is 21.4 Å². The molecular formula is C18H27N3O2S. The van der Waals surface area contributed by atoms with Gasteiger partial charge in [0.2, 0.25) is 5.91 Å². The van der Waals surface area contributed by atoms with E-state index in [-0.39, 0.29) is 17.9 Å². The molecule has 0 bridgehead atoms. The number of amides is 2. The van der Waals surface area contributed by atoms with Crippen LogP contribution >= 0.6 is 11.3 Å². The molecule has 6 heteroatoms. The first-order valence-electron chi connectivity index (χ1n) is 9.05. The molecule has 2 amide bonds. The number of hydrogen-bond donors (Lipinski definition) is 2. The Balaban J connectivity index is 1.54. The fraction of sp³-hybridized carbons (Fsp3) is 0.667. The Morgan fingerprint density at radius 3 is 2.58 bits per heavy atom. The number of nitrogens with two attached hydrogens (primary N) is 1. The normalized spacial score (nSPS) is 20.0. The third-order valence-electron chi connectivity index (χ3n) is 5.02. The van der Waals surface area contributed by atoms with Crippen molar-refractivity contribution >= 4 is 23.2 Å². The van der Waals surface area contributed by atoms with Gasteiger partial charge in [0.1, 0.15) is 0 Å². The fourth-order valence-electron chi connectivity index (χ4n) is 3.67. The average Bonchev–Trinajstić information content (AvgIpc) is 2.91. The SMILES string of the molecule is NC(=O)CN1CCC(NC(=O)c2cc3c(s2)CCCCCC3)CC1. The Morgan fingerprint density at radius 1 is 1.17 bits per heavy atom. The van der Waals surface area contributed by atoms with Crippen molar-refractivity contribution in [1.29, 1.82) is 0 Å². The lowest BCUT2D eigenvalue weighted by Gasteiger charge is -2.31. The van der Waals surface area contributed by atoms with Crippen molar-refractivity contribution in [2.45, 2.75) is 57.4 Å². The number of hydrogen-bond acceptors (Lipinski definition) is 4. The highest BCUT2D eigenvalue weighted by molar-refractivity contribution is 7.14. The Bertz CT molecular complexity index is 566. The molecule has 1 aromatic heterocycles. The van der Waals surface area contributed by atoms with Gasteiger partial charge in [-0.3, -0.25) is 14.5 Å². The minimum atomic E-state index is -0.284. The van der Waals surface area contributed by atoms with Crippen LogP contribution in [0.1, 0.15) is 58.6 Å². The van der Waals surface area contributed by atoms with Gasteiger partial charge in [0, 0.05) is 24.0 Å². The number of carbonyl (C=O) groups is 2. The molecule has 3 rings (SSSR count). The van der Waals surface area contributed by atoms with Gasteiger partial charge in [0.15, 0.2) is 0 Å². The molecule has 1 aliphatic carbocycles. The van der Waals surface area contributed by atoms with Gasteiger partial charge in [-0.05, 0) is 50.2 Å². The summed E-state index contributed by atoms with van der Waals surface area (Å²) in [7, 11) is 0. The van der Waals surface area contributed by atoms with E-state index in [0.29, 0.717) is 6.54 Å². The number of carbonyl (C=O) groups excluding carboxylic acids is 2. The number of likely N-dealkylation sites (tertiary alicyclic amines) is 1. The van der Waals surface area contributed by atoms with Crippen molar-refractivity contribution in [3.8, 4) is 0 Å². The number of aryl methyl sites for hydroxylation is 2. The molecule has 3 N–H and O–H groups in total. The molecule has 0 radical (unpaired) electrons. The minimum Gasteiger partial charge on any atom is -0.369 e. The zero-order valence-corrected chi connectivity index (χ0v) is 15.0. The molecule has 2 heterocycles. The first-order valence-corrected chi connectivity index (χ1v) is 9.86. The lowest BCUT2D eigenvalue weighted by molar-refractivity contribution is -0.119. The van der Waals surface area contributed by atoms with Gasteiger partial charge >= 0.3 is 0 Å². The summed E-state index contributed by atoms with van der Waals surface area (Å²) in [5, 5.41) is 3.18. The molecule has 24 heavy (non-hydrogen) atoms. The van der Waals surface area contributed by atoms with Gasteiger partial charge in [-0.25, -0.2) is 0 Å². The van der Waals surface area contributed by atoms with E-state index in [9.17, 15) is 9.59 Å². The standard InChI is InChI=1S/C18H27N3O2S/c19-17(22)12-21-9-7-14(8-10-21)20-18(23)16-11-13-5-3-1-2-4-6-15(13)24-16/h11,14H,1-10,12H2,(H2,19,22)(H,20,23). The molecule has 132 valence electrons. The van der Waals surface area contributed by atoms with E-state index < -0.39 is 0 Å². The molecule has 0 saturated carbocycles. The van der Waals surface area contributed by atoms with Crippen LogP contribution in [0.3, 0.4) is 0 Å². The predicted octanol–water partition coefficient (Wildman–Crippen LogP) is 2.09. The Labute approximate surface area is 147 Å². The summed E-state index contributed by atoms with van der Waals surface area (Å²) in [4.78, 5) is 27.9. The topological polar surface area (TPSA) is 75.4 Å². The lowest BCUT2D eigenvalue weighted by Crippen LogP contribution is -2.46. The number of nitrogens with one attached hydrogen (secondary N) is 1. The zero-order chi connectivity index (χ0) is 16.9. The second-order valence-corrected chi connectivity index (χ2v) is 8.10. The Kier molecular flexibility index (Phi) is 5.89. The summed E-state index contributed by atoms with van der Waals surface area (Å²) >= 11 is 1.68. The summed E-state index contributed by atoms with van der Waals surface area (Å²) in [6.45, 7) is 1.95. The number of thiophene rings is 1. The van der Waals surface area contributed by atoms with E-state index in [4.69, 9.17) is 5.73 Å². The monoisotopic (exact) mass is 349 g/mol. The molecule has 1 saturated heterocycles. The van der Waals surface area contributed by atoms with E-state index >= 15 is 0 Å². The molecular weight excluding hydrogens is 322 g/mol. The zero-order valence-electron chi connectivity index (χ0n) is 14.2. The number of primary amides is 1. The van der Waals surface area contributed by atoms with Crippen molar-refractivity contribution in [3.63, 3.8) is 0 Å². The fourth-order valence-corrected chi connectivity index (χ4v) is 4.83. The van der Waals surface area contributed by atoms with Crippen LogP contribution in [-0.2, 0) is 17.6 Å². The minimum absolute atomic E-state index is 0.0695. The van der Waals surface area contributed by atoms with Gasteiger partial charge in [-0.15, -0.1) is 11.3 Å². The maximum absolute atomic E-state index is 12.6. The van der Waals surface area contributed by atoms with Crippen molar-refractivity contribution in [1.82, 2.24) is 10.2 Å². The Morgan fingerprint density at radius 2 is 1.88 bits per heavy atom. The number of piperidine rings is 1. The molecule has 0 spiro atoms. The molecule has 0 aromatic carbocycles. The van der Waals surface area contributed by atoms with Gasteiger partial charge in [0.05, 0.1) is 11.4 Å². The molecule has 0 atom stereocenters. The summed E-state index contributed by atoms with van der Waals surface area (Å²) in [5.74, 6) is -0.214. The van der Waals surface area contributed by atoms with Gasteiger partial charge in [0.25, 0.3) is 5.91 Å². The van der Waals surface area contributed by atoms with E-state index in [0.717, 1.165) is 43.6 Å². The highest BCUT2D eigenvalue weighted by atomic mass is 32.1. The van der Waals surface area contributed by atoms with Gasteiger partial charge < -0.3 is 11.1 Å². The first kappa shape index (κ1) is 17.4. The second kappa shape index (κ2) is 8.12. The Hall–Kier alpha value is -1.40. The lowest BCUT2D eigenvalue weighted by atomic mass is 9.99. The third-order valence-corrected chi connectivity index (χ3v) is 6.26. The van der Waals surface area contributed by atoms with Crippen LogP contribution in [0.2, 0.25) is 0 Å². The van der Waals surface area contributed by atoms with Gasteiger partial charge in [-0.1, -0.05) is 12.8 Å². The predicted molar refractivity (Wildman–Crippen MR) is 96.3 cm³/mol. The number of fused-ring (bicyclic) bond motifs is 1. The smallest absolute Gasteiger partial charge is 0.261 e. The molecule has 5 nitrogen and oxygen atoms in total. The molecule has 0 unspecified atom stereocenters. The maximum atomic E-state index is 12.6. The van der Waals surface area contributed by atoms with Crippen LogP contribution in [0.25, 0.3) is 0 Å². The molecule has 2 aliphatic rings. The molecule has 1 fully saturated rings. The second-order valence-electron chi connectivity index (χ2n) is 6.96. The number of nitrogens with zero attached hydrogens (tertiary/aromatic N) is 1. The van der Waals surface area contributed by atoms with E-state index in [1.807, 2.05) is 0 Å². The summed E-state index contributed by atoms with van der Waals surface area (Å²) in [6.07, 6.45) is 9.09. The van der Waals surface area contributed by atoms with Crippen molar-refractivity contribution in [2.75, 3.05) is 19.6 Å². The van der Waals surface area contributed by atoms with Crippen LogP contribution in [0.5, 0.6) is 0 Å². The van der Waals surface area contributed by atoms with Crippen molar-refractivity contribution < 1.29 is 9.59 Å². The quantitative estimate of drug-likeness (QED) is 0.874. The first-order chi connectivity index (χ1) is 11.6. The largest absolute Gasteiger partial charge is 0.369 e. The summed E-state index contributed by atoms with van der Waals surface area (Å²) in [6, 6.07) is 2.31. The highest BCUT2D eigenvalue weighted by Gasteiger charge is 2.23. The van der Waals surface area contributed by atoms with Crippen molar-refractivity contribution in [2.24, 2.45) is 5.73 Å². The van der Waals surface area contributed by atoms with Crippen LogP contribution in [0.4, 0.5) is 0 Å². The van der Waals surface area contributed by atoms with Crippen LogP contribution in [0.15, 0.2) is 6.07 Å². The van der Waals surface area contributed by atoms with Crippen LogP contribution in [0, 0.1) is 0 Å². The average molecular weight is 350 g/mol. The summed E-state index contributed by atoms with van der Waals surface area (Å²) < 4.78 is 0. The maximum Gasteiger partial charge on any atom is 0.261 e. The summed E-state index contributed by atoms with van der Waals surface area (Å²) in [5.41, 5.74) is 6.63. The number of rotatable bonds is 4. The molecule has 1 aliphatic heterocycles. The van der Waals surface area contributed by atoms with E-state index in [1.54, 1.807) is 11.3 Å².